The van der Waals surface area contributed by atoms with Crippen LogP contribution in [0.15, 0.2) is 16.7 Å². The molecule has 2 rings (SSSR count). The minimum atomic E-state index is 0.140. The van der Waals surface area contributed by atoms with Gasteiger partial charge in [0.1, 0.15) is 11.9 Å². The fourth-order valence-electron chi connectivity index (χ4n) is 2.14. The number of nitriles is 1. The summed E-state index contributed by atoms with van der Waals surface area (Å²) in [5, 5.41) is 9.13. The SMILES string of the molecule is CC1(CN)CCN(c2ncc(Br)cc2C#N)C1. The summed E-state index contributed by atoms with van der Waals surface area (Å²) in [6.45, 7) is 4.63. The first-order valence-electron chi connectivity index (χ1n) is 5.59. The van der Waals surface area contributed by atoms with Crippen molar-refractivity contribution >= 4 is 21.7 Å². The number of hydrogen-bond donors (Lipinski definition) is 1. The Morgan fingerprint density at radius 3 is 3.06 bits per heavy atom. The van der Waals surface area contributed by atoms with Crippen molar-refractivity contribution in [3.05, 3.63) is 22.3 Å². The molecule has 1 saturated heterocycles. The number of pyridine rings is 1. The van der Waals surface area contributed by atoms with Gasteiger partial charge in [-0.25, -0.2) is 4.98 Å². The Balaban J connectivity index is 2.28. The summed E-state index contributed by atoms with van der Waals surface area (Å²) in [6.07, 6.45) is 2.78. The molecule has 0 spiro atoms. The van der Waals surface area contributed by atoms with E-state index >= 15 is 0 Å². The normalized spacial score (nSPS) is 23.8. The molecule has 0 aliphatic carbocycles. The summed E-state index contributed by atoms with van der Waals surface area (Å²) in [6, 6.07) is 4.00. The monoisotopic (exact) mass is 294 g/mol. The molecule has 0 amide bonds. The molecule has 0 radical (unpaired) electrons. The summed E-state index contributed by atoms with van der Waals surface area (Å²) in [5.41, 5.74) is 6.54. The first-order chi connectivity index (χ1) is 8.08. The van der Waals surface area contributed by atoms with Crippen molar-refractivity contribution in [1.82, 2.24) is 4.98 Å². The number of aromatic nitrogens is 1. The average Bonchev–Trinajstić information content (AvgIpc) is 2.72. The van der Waals surface area contributed by atoms with Gasteiger partial charge in [-0.1, -0.05) is 6.92 Å². The molecular formula is C12H15BrN4. The first-order valence-corrected chi connectivity index (χ1v) is 6.38. The van der Waals surface area contributed by atoms with Gasteiger partial charge in [-0.05, 0) is 40.4 Å². The largest absolute Gasteiger partial charge is 0.355 e. The van der Waals surface area contributed by atoms with Crippen LogP contribution in [0, 0.1) is 16.7 Å². The van der Waals surface area contributed by atoms with Crippen LogP contribution < -0.4 is 10.6 Å². The van der Waals surface area contributed by atoms with Crippen molar-refractivity contribution in [2.45, 2.75) is 13.3 Å². The molecule has 5 heteroatoms. The summed E-state index contributed by atoms with van der Waals surface area (Å²) >= 11 is 3.33. The van der Waals surface area contributed by atoms with Gasteiger partial charge in [0.15, 0.2) is 0 Å². The molecule has 17 heavy (non-hydrogen) atoms. The van der Waals surface area contributed by atoms with Gasteiger partial charge in [0.2, 0.25) is 0 Å². The Kier molecular flexibility index (Phi) is 3.36. The highest BCUT2D eigenvalue weighted by Gasteiger charge is 2.33. The van der Waals surface area contributed by atoms with E-state index in [2.05, 4.69) is 38.8 Å². The minimum absolute atomic E-state index is 0.140. The molecule has 0 bridgehead atoms. The quantitative estimate of drug-likeness (QED) is 0.905. The van der Waals surface area contributed by atoms with Crippen LogP contribution in [-0.2, 0) is 0 Å². The van der Waals surface area contributed by atoms with Crippen LogP contribution in [0.1, 0.15) is 18.9 Å². The fraction of sp³-hybridized carbons (Fsp3) is 0.500. The Morgan fingerprint density at radius 2 is 2.47 bits per heavy atom. The highest BCUT2D eigenvalue weighted by atomic mass is 79.9. The smallest absolute Gasteiger partial charge is 0.146 e. The molecule has 1 atom stereocenters. The molecule has 2 heterocycles. The Labute approximate surface area is 110 Å². The lowest BCUT2D eigenvalue weighted by atomic mass is 9.90. The highest BCUT2D eigenvalue weighted by molar-refractivity contribution is 9.10. The Hall–Kier alpha value is -1.12. The van der Waals surface area contributed by atoms with Crippen molar-refractivity contribution in [1.29, 1.82) is 5.26 Å². The predicted molar refractivity (Wildman–Crippen MR) is 70.6 cm³/mol. The molecule has 1 aromatic heterocycles. The second-order valence-corrected chi connectivity index (χ2v) is 5.74. The van der Waals surface area contributed by atoms with Crippen LogP contribution in [0.2, 0.25) is 0 Å². The first kappa shape index (κ1) is 12.3. The van der Waals surface area contributed by atoms with E-state index in [0.29, 0.717) is 12.1 Å². The molecule has 1 aliphatic rings. The zero-order chi connectivity index (χ0) is 12.5. The van der Waals surface area contributed by atoms with Crippen molar-refractivity contribution in [2.75, 3.05) is 24.5 Å². The second-order valence-electron chi connectivity index (χ2n) is 4.82. The van der Waals surface area contributed by atoms with E-state index in [1.54, 1.807) is 12.3 Å². The number of hydrogen-bond acceptors (Lipinski definition) is 4. The van der Waals surface area contributed by atoms with Gasteiger partial charge < -0.3 is 10.6 Å². The van der Waals surface area contributed by atoms with E-state index in [0.717, 1.165) is 29.8 Å². The van der Waals surface area contributed by atoms with E-state index in [9.17, 15) is 0 Å². The third-order valence-corrected chi connectivity index (χ3v) is 3.74. The topological polar surface area (TPSA) is 65.9 Å². The van der Waals surface area contributed by atoms with Crippen LogP contribution in [-0.4, -0.2) is 24.6 Å². The van der Waals surface area contributed by atoms with Gasteiger partial charge in [0.25, 0.3) is 0 Å². The Morgan fingerprint density at radius 1 is 1.71 bits per heavy atom. The van der Waals surface area contributed by atoms with Crippen LogP contribution in [0.5, 0.6) is 0 Å². The van der Waals surface area contributed by atoms with E-state index in [1.807, 2.05) is 0 Å². The third-order valence-electron chi connectivity index (χ3n) is 3.30. The predicted octanol–water partition coefficient (Wildman–Crippen LogP) is 1.89. The lowest BCUT2D eigenvalue weighted by molar-refractivity contribution is 0.383. The number of rotatable bonds is 2. The van der Waals surface area contributed by atoms with E-state index in [1.165, 1.54) is 0 Å². The van der Waals surface area contributed by atoms with Gasteiger partial charge in [0.05, 0.1) is 5.56 Å². The zero-order valence-electron chi connectivity index (χ0n) is 9.78. The molecule has 90 valence electrons. The average molecular weight is 295 g/mol. The van der Waals surface area contributed by atoms with Crippen LogP contribution in [0.3, 0.4) is 0 Å². The molecule has 1 unspecified atom stereocenters. The summed E-state index contributed by atoms with van der Waals surface area (Å²) in [5.74, 6) is 0.771. The molecular weight excluding hydrogens is 280 g/mol. The maximum absolute atomic E-state index is 9.13. The van der Waals surface area contributed by atoms with E-state index in [4.69, 9.17) is 11.0 Å². The number of nitrogens with zero attached hydrogens (tertiary/aromatic N) is 3. The third kappa shape index (κ3) is 2.43. The van der Waals surface area contributed by atoms with Gasteiger partial charge in [-0.2, -0.15) is 5.26 Å². The standard InChI is InChI=1S/C12H15BrN4/c1-12(7-15)2-3-17(8-12)11-9(5-14)4-10(13)6-16-11/h4,6H,2-3,7-8,15H2,1H3. The molecule has 0 aromatic carbocycles. The molecule has 1 fully saturated rings. The van der Waals surface area contributed by atoms with Gasteiger partial charge in [-0.3, -0.25) is 0 Å². The van der Waals surface area contributed by atoms with Gasteiger partial charge in [-0.15, -0.1) is 0 Å². The van der Waals surface area contributed by atoms with Gasteiger partial charge >= 0.3 is 0 Å². The van der Waals surface area contributed by atoms with Crippen molar-refractivity contribution in [2.24, 2.45) is 11.1 Å². The van der Waals surface area contributed by atoms with Crippen molar-refractivity contribution in [3.8, 4) is 6.07 Å². The van der Waals surface area contributed by atoms with Crippen LogP contribution in [0.25, 0.3) is 0 Å². The van der Waals surface area contributed by atoms with E-state index in [-0.39, 0.29) is 5.41 Å². The summed E-state index contributed by atoms with van der Waals surface area (Å²) < 4.78 is 0.832. The summed E-state index contributed by atoms with van der Waals surface area (Å²) in [4.78, 5) is 6.50. The maximum atomic E-state index is 9.13. The Bertz CT molecular complexity index is 468. The molecule has 0 saturated carbocycles. The number of nitrogens with two attached hydrogens (primary N) is 1. The van der Waals surface area contributed by atoms with Crippen LogP contribution >= 0.6 is 15.9 Å². The fourth-order valence-corrected chi connectivity index (χ4v) is 2.47. The van der Waals surface area contributed by atoms with Crippen LogP contribution in [0.4, 0.5) is 5.82 Å². The van der Waals surface area contributed by atoms with E-state index < -0.39 is 0 Å². The second kappa shape index (κ2) is 4.63. The number of anilines is 1. The molecule has 1 aliphatic heterocycles. The lowest BCUT2D eigenvalue weighted by Crippen LogP contribution is -2.31. The van der Waals surface area contributed by atoms with Crippen molar-refractivity contribution < 1.29 is 0 Å². The zero-order valence-corrected chi connectivity index (χ0v) is 11.4. The summed E-state index contributed by atoms with van der Waals surface area (Å²) in [7, 11) is 0. The molecule has 2 N–H and O–H groups in total. The maximum Gasteiger partial charge on any atom is 0.146 e. The molecule has 1 aromatic rings. The minimum Gasteiger partial charge on any atom is -0.355 e. The lowest BCUT2D eigenvalue weighted by Gasteiger charge is -2.23. The highest BCUT2D eigenvalue weighted by Crippen LogP contribution is 2.33. The van der Waals surface area contributed by atoms with Crippen molar-refractivity contribution in [3.63, 3.8) is 0 Å². The number of halogens is 1. The van der Waals surface area contributed by atoms with Gasteiger partial charge in [0, 0.05) is 23.8 Å². The molecule has 4 nitrogen and oxygen atoms in total.